The van der Waals surface area contributed by atoms with Crippen LogP contribution < -0.4 is 15.9 Å². The van der Waals surface area contributed by atoms with Gasteiger partial charge >= 0.3 is 5.69 Å². The average Bonchev–Trinajstić information content (AvgIpc) is 2.69. The molecule has 7 nitrogen and oxygen atoms in total. The first-order valence-electron chi connectivity index (χ1n) is 8.49. The molecule has 142 valence electrons. The van der Waals surface area contributed by atoms with Crippen LogP contribution in [0, 0.1) is 5.82 Å². The lowest BCUT2D eigenvalue weighted by Gasteiger charge is -2.06. The van der Waals surface area contributed by atoms with E-state index >= 15 is 0 Å². The summed E-state index contributed by atoms with van der Waals surface area (Å²) in [5.41, 5.74) is 3.09. The number of hydrogen-bond acceptors (Lipinski definition) is 5. The van der Waals surface area contributed by atoms with Gasteiger partial charge in [0, 0.05) is 11.1 Å². The van der Waals surface area contributed by atoms with Crippen LogP contribution in [0.2, 0.25) is 0 Å². The van der Waals surface area contributed by atoms with Gasteiger partial charge in [-0.2, -0.15) is 10.1 Å². The normalized spacial score (nSPS) is 10.8. The van der Waals surface area contributed by atoms with Crippen molar-refractivity contribution < 1.29 is 13.9 Å². The number of hydrogen-bond donors (Lipinski definition) is 2. The van der Waals surface area contributed by atoms with E-state index in [-0.39, 0.29) is 11.4 Å². The van der Waals surface area contributed by atoms with Crippen LogP contribution in [0.1, 0.15) is 23.0 Å². The molecule has 0 aliphatic rings. The van der Waals surface area contributed by atoms with Crippen molar-refractivity contribution in [2.24, 2.45) is 5.10 Å². The van der Waals surface area contributed by atoms with E-state index in [0.29, 0.717) is 23.5 Å². The van der Waals surface area contributed by atoms with Crippen LogP contribution in [-0.2, 0) is 0 Å². The van der Waals surface area contributed by atoms with Crippen LogP contribution >= 0.6 is 0 Å². The van der Waals surface area contributed by atoms with Crippen molar-refractivity contribution in [1.82, 2.24) is 15.4 Å². The summed E-state index contributed by atoms with van der Waals surface area (Å²) in [7, 11) is 0. The van der Waals surface area contributed by atoms with Crippen LogP contribution in [0.5, 0.6) is 5.75 Å². The number of rotatable bonds is 6. The maximum atomic E-state index is 13.1. The van der Waals surface area contributed by atoms with Crippen molar-refractivity contribution in [1.29, 1.82) is 0 Å². The number of aromatic amines is 1. The predicted molar refractivity (Wildman–Crippen MR) is 103 cm³/mol. The molecule has 28 heavy (non-hydrogen) atoms. The topological polar surface area (TPSA) is 96.4 Å². The second kappa shape index (κ2) is 8.72. The summed E-state index contributed by atoms with van der Waals surface area (Å²) < 4.78 is 18.5. The third-order valence-corrected chi connectivity index (χ3v) is 3.72. The number of carbonyl (C=O) groups excluding carboxylic acids is 1. The van der Waals surface area contributed by atoms with Crippen molar-refractivity contribution in [3.05, 3.63) is 82.2 Å². The van der Waals surface area contributed by atoms with Gasteiger partial charge in [-0.1, -0.05) is 12.1 Å². The number of hydrazone groups is 1. The second-order valence-corrected chi connectivity index (χ2v) is 5.66. The Hall–Kier alpha value is -3.81. The number of carbonyl (C=O) groups is 1. The zero-order valence-electron chi connectivity index (χ0n) is 15.0. The van der Waals surface area contributed by atoms with E-state index < -0.39 is 17.4 Å². The Kier molecular flexibility index (Phi) is 5.91. The Balaban J connectivity index is 1.78. The smallest absolute Gasteiger partial charge is 0.346 e. The number of ether oxygens (including phenoxy) is 1. The summed E-state index contributed by atoms with van der Waals surface area (Å²) in [6, 6.07) is 14.1. The molecule has 0 radical (unpaired) electrons. The fourth-order valence-electron chi connectivity index (χ4n) is 2.44. The minimum atomic E-state index is -0.697. The van der Waals surface area contributed by atoms with Gasteiger partial charge in [0.15, 0.2) is 0 Å². The maximum Gasteiger partial charge on any atom is 0.346 e. The lowest BCUT2D eigenvalue weighted by molar-refractivity contribution is 0.0949. The molecule has 0 unspecified atom stereocenters. The summed E-state index contributed by atoms with van der Waals surface area (Å²) in [6.45, 7) is 2.37. The molecule has 0 atom stereocenters. The van der Waals surface area contributed by atoms with Crippen molar-refractivity contribution in [3.8, 4) is 17.0 Å². The second-order valence-electron chi connectivity index (χ2n) is 5.66. The molecule has 2 aromatic carbocycles. The van der Waals surface area contributed by atoms with Gasteiger partial charge in [-0.25, -0.2) is 14.6 Å². The van der Waals surface area contributed by atoms with Gasteiger partial charge in [0.25, 0.3) is 5.91 Å². The van der Waals surface area contributed by atoms with Gasteiger partial charge in [-0.3, -0.25) is 4.79 Å². The van der Waals surface area contributed by atoms with E-state index in [9.17, 15) is 14.0 Å². The first kappa shape index (κ1) is 19.0. The molecule has 8 heteroatoms. The highest BCUT2D eigenvalue weighted by molar-refractivity contribution is 5.94. The predicted octanol–water partition coefficient (Wildman–Crippen LogP) is 2.74. The minimum absolute atomic E-state index is 0.0189. The average molecular weight is 380 g/mol. The molecule has 1 heterocycles. The molecular weight excluding hydrogens is 363 g/mol. The summed E-state index contributed by atoms with van der Waals surface area (Å²) in [5, 5.41) is 3.91. The molecule has 1 aromatic heterocycles. The summed E-state index contributed by atoms with van der Waals surface area (Å²) in [5.74, 6) is -0.389. The number of nitrogens with zero attached hydrogens (tertiary/aromatic N) is 2. The Morgan fingerprint density at radius 1 is 1.25 bits per heavy atom. The third-order valence-electron chi connectivity index (χ3n) is 3.72. The van der Waals surface area contributed by atoms with Gasteiger partial charge in [0.05, 0.1) is 18.5 Å². The van der Waals surface area contributed by atoms with Gasteiger partial charge in [-0.15, -0.1) is 0 Å². The van der Waals surface area contributed by atoms with E-state index in [1.807, 2.05) is 19.1 Å². The molecule has 0 saturated heterocycles. The Morgan fingerprint density at radius 3 is 2.75 bits per heavy atom. The standard InChI is InChI=1S/C20H17FN4O3/c1-2-28-18-6-4-3-5-14(18)12-22-25-19(26)17-11-16(23-20(27)24-17)13-7-9-15(21)10-8-13/h3-12H,2H2,1H3,(H,25,26)(H,23,24,27)/b22-12+. The van der Waals surface area contributed by atoms with E-state index in [4.69, 9.17) is 4.74 Å². The highest BCUT2D eigenvalue weighted by atomic mass is 19.1. The zero-order chi connectivity index (χ0) is 19.9. The fourth-order valence-corrected chi connectivity index (χ4v) is 2.44. The highest BCUT2D eigenvalue weighted by Gasteiger charge is 2.10. The van der Waals surface area contributed by atoms with Crippen LogP contribution in [0.15, 0.2) is 64.5 Å². The van der Waals surface area contributed by atoms with E-state index in [0.717, 1.165) is 0 Å². The molecule has 0 aliphatic carbocycles. The minimum Gasteiger partial charge on any atom is -0.493 e. The van der Waals surface area contributed by atoms with Gasteiger partial charge < -0.3 is 9.72 Å². The Morgan fingerprint density at radius 2 is 2.00 bits per heavy atom. The van der Waals surface area contributed by atoms with Crippen molar-refractivity contribution in [3.63, 3.8) is 0 Å². The van der Waals surface area contributed by atoms with Crippen LogP contribution in [0.4, 0.5) is 4.39 Å². The van der Waals surface area contributed by atoms with Gasteiger partial charge in [0.1, 0.15) is 17.3 Å². The van der Waals surface area contributed by atoms with Crippen molar-refractivity contribution in [2.75, 3.05) is 6.61 Å². The van der Waals surface area contributed by atoms with Crippen molar-refractivity contribution in [2.45, 2.75) is 6.92 Å². The summed E-state index contributed by atoms with van der Waals surface area (Å²) in [4.78, 5) is 30.3. The van der Waals surface area contributed by atoms with Crippen LogP contribution in [-0.4, -0.2) is 28.7 Å². The zero-order valence-corrected chi connectivity index (χ0v) is 15.0. The highest BCUT2D eigenvalue weighted by Crippen LogP contribution is 2.17. The largest absolute Gasteiger partial charge is 0.493 e. The fraction of sp³-hybridized carbons (Fsp3) is 0.100. The third kappa shape index (κ3) is 4.67. The first-order valence-corrected chi connectivity index (χ1v) is 8.49. The summed E-state index contributed by atoms with van der Waals surface area (Å²) in [6.07, 6.45) is 1.45. The van der Waals surface area contributed by atoms with E-state index in [1.54, 1.807) is 12.1 Å². The summed E-state index contributed by atoms with van der Waals surface area (Å²) >= 11 is 0. The Bertz CT molecular complexity index is 1060. The number of H-pyrrole nitrogens is 1. The molecule has 0 bridgehead atoms. The monoisotopic (exact) mass is 380 g/mol. The molecular formula is C20H17FN4O3. The Labute approximate surface area is 159 Å². The molecule has 0 spiro atoms. The first-order chi connectivity index (χ1) is 13.6. The molecule has 0 aliphatic heterocycles. The quantitative estimate of drug-likeness (QED) is 0.508. The van der Waals surface area contributed by atoms with Gasteiger partial charge in [-0.05, 0) is 49.4 Å². The van der Waals surface area contributed by atoms with Crippen molar-refractivity contribution >= 4 is 12.1 Å². The lowest BCUT2D eigenvalue weighted by Crippen LogP contribution is -2.24. The number of halogens is 1. The SMILES string of the molecule is CCOc1ccccc1/C=N/NC(=O)c1cc(-c2ccc(F)cc2)nc(=O)[nH]1. The maximum absolute atomic E-state index is 13.1. The number of nitrogens with one attached hydrogen (secondary N) is 2. The number of aromatic nitrogens is 2. The number of benzene rings is 2. The number of para-hydroxylation sites is 1. The number of amides is 1. The molecule has 0 saturated carbocycles. The van der Waals surface area contributed by atoms with Crippen LogP contribution in [0.25, 0.3) is 11.3 Å². The molecule has 0 fully saturated rings. The van der Waals surface area contributed by atoms with E-state index in [1.165, 1.54) is 36.5 Å². The molecule has 1 amide bonds. The molecule has 3 aromatic rings. The molecule has 3 rings (SSSR count). The van der Waals surface area contributed by atoms with Crippen LogP contribution in [0.3, 0.4) is 0 Å². The van der Waals surface area contributed by atoms with Gasteiger partial charge in [0.2, 0.25) is 0 Å². The van der Waals surface area contributed by atoms with E-state index in [2.05, 4.69) is 20.5 Å². The lowest BCUT2D eigenvalue weighted by atomic mass is 10.1. The molecule has 2 N–H and O–H groups in total.